The Morgan fingerprint density at radius 1 is 1.40 bits per heavy atom. The largest absolute Gasteiger partial charge is 0.356 e. The zero-order valence-electron chi connectivity index (χ0n) is 13.7. The molecule has 1 N–H and O–H groups in total. The van der Waals surface area contributed by atoms with Crippen molar-refractivity contribution < 1.29 is 0 Å². The summed E-state index contributed by atoms with van der Waals surface area (Å²) in [7, 11) is 0. The van der Waals surface area contributed by atoms with Crippen molar-refractivity contribution in [2.75, 3.05) is 18.0 Å². The van der Waals surface area contributed by atoms with Crippen LogP contribution in [0.5, 0.6) is 0 Å². The van der Waals surface area contributed by atoms with Crippen LogP contribution >= 0.6 is 0 Å². The molecule has 1 saturated heterocycles. The molecule has 3 nitrogen and oxygen atoms in total. The quantitative estimate of drug-likeness (QED) is 0.892. The van der Waals surface area contributed by atoms with E-state index in [4.69, 9.17) is 4.98 Å². The first-order valence-corrected chi connectivity index (χ1v) is 7.96. The highest BCUT2D eigenvalue weighted by Gasteiger charge is 2.24. The first kappa shape index (κ1) is 15.3. The van der Waals surface area contributed by atoms with Crippen LogP contribution in [0.2, 0.25) is 0 Å². The Kier molecular flexibility index (Phi) is 5.03. The number of aromatic nitrogens is 1. The monoisotopic (exact) mass is 275 g/mol. The lowest BCUT2D eigenvalue weighted by molar-refractivity contribution is 0.567. The SMILES string of the molecule is CCC1CCN(c2nc(C)cc(C)c2CNC(C)C)C1. The van der Waals surface area contributed by atoms with Crippen LogP contribution in [-0.2, 0) is 6.54 Å². The molecule has 1 unspecified atom stereocenters. The molecule has 2 heterocycles. The molecule has 0 aliphatic carbocycles. The van der Waals surface area contributed by atoms with Crippen LogP contribution in [-0.4, -0.2) is 24.1 Å². The molecule has 0 bridgehead atoms. The molecule has 20 heavy (non-hydrogen) atoms. The van der Waals surface area contributed by atoms with Crippen LogP contribution in [0.15, 0.2) is 6.07 Å². The van der Waals surface area contributed by atoms with Crippen molar-refractivity contribution in [3.8, 4) is 0 Å². The molecular formula is C17H29N3. The van der Waals surface area contributed by atoms with Crippen molar-refractivity contribution in [3.05, 3.63) is 22.9 Å². The maximum Gasteiger partial charge on any atom is 0.133 e. The van der Waals surface area contributed by atoms with Gasteiger partial charge in [-0.05, 0) is 37.8 Å². The van der Waals surface area contributed by atoms with E-state index in [1.807, 2.05) is 0 Å². The predicted molar refractivity (Wildman–Crippen MR) is 86.3 cm³/mol. The zero-order chi connectivity index (χ0) is 14.7. The molecule has 0 saturated carbocycles. The molecular weight excluding hydrogens is 246 g/mol. The second kappa shape index (κ2) is 6.57. The Hall–Kier alpha value is -1.09. The van der Waals surface area contributed by atoms with Crippen LogP contribution in [0.3, 0.4) is 0 Å². The van der Waals surface area contributed by atoms with Crippen molar-refractivity contribution in [2.45, 2.75) is 60.0 Å². The lowest BCUT2D eigenvalue weighted by atomic mass is 10.1. The number of nitrogens with zero attached hydrogens (tertiary/aromatic N) is 2. The standard InChI is InChI=1S/C17H29N3/c1-6-15-7-8-20(11-15)17-16(10-18-12(2)3)13(4)9-14(5)19-17/h9,12,15,18H,6-8,10-11H2,1-5H3. The summed E-state index contributed by atoms with van der Waals surface area (Å²) >= 11 is 0. The molecule has 1 aliphatic heterocycles. The summed E-state index contributed by atoms with van der Waals surface area (Å²) < 4.78 is 0. The first-order valence-electron chi connectivity index (χ1n) is 7.96. The van der Waals surface area contributed by atoms with Gasteiger partial charge >= 0.3 is 0 Å². The number of aryl methyl sites for hydroxylation is 2. The molecule has 0 radical (unpaired) electrons. The summed E-state index contributed by atoms with van der Waals surface area (Å²) in [6.45, 7) is 14.2. The van der Waals surface area contributed by atoms with Crippen LogP contribution in [0, 0.1) is 19.8 Å². The fourth-order valence-electron chi connectivity index (χ4n) is 2.99. The molecule has 112 valence electrons. The smallest absolute Gasteiger partial charge is 0.133 e. The maximum atomic E-state index is 4.85. The van der Waals surface area contributed by atoms with Crippen molar-refractivity contribution in [1.29, 1.82) is 0 Å². The molecule has 0 amide bonds. The summed E-state index contributed by atoms with van der Waals surface area (Å²) in [5.41, 5.74) is 3.87. The molecule has 1 fully saturated rings. The van der Waals surface area contributed by atoms with Crippen LogP contribution < -0.4 is 10.2 Å². The van der Waals surface area contributed by atoms with Gasteiger partial charge in [-0.1, -0.05) is 27.2 Å². The predicted octanol–water partition coefficient (Wildman–Crippen LogP) is 3.43. The highest BCUT2D eigenvalue weighted by molar-refractivity contribution is 5.52. The minimum Gasteiger partial charge on any atom is -0.356 e. The fourth-order valence-corrected chi connectivity index (χ4v) is 2.99. The van der Waals surface area contributed by atoms with E-state index in [2.05, 4.69) is 50.9 Å². The molecule has 1 aliphatic rings. The van der Waals surface area contributed by atoms with E-state index >= 15 is 0 Å². The third-order valence-electron chi connectivity index (χ3n) is 4.30. The highest BCUT2D eigenvalue weighted by Crippen LogP contribution is 2.29. The zero-order valence-corrected chi connectivity index (χ0v) is 13.7. The van der Waals surface area contributed by atoms with Crippen LogP contribution in [0.1, 0.15) is 50.4 Å². The van der Waals surface area contributed by atoms with Gasteiger partial charge in [0.1, 0.15) is 5.82 Å². The lowest BCUT2D eigenvalue weighted by Gasteiger charge is -2.23. The van der Waals surface area contributed by atoms with Crippen molar-refractivity contribution in [2.24, 2.45) is 5.92 Å². The Labute approximate surface area is 123 Å². The second-order valence-electron chi connectivity index (χ2n) is 6.43. The number of pyridine rings is 1. The Bertz CT molecular complexity index is 454. The van der Waals surface area contributed by atoms with Crippen molar-refractivity contribution in [1.82, 2.24) is 10.3 Å². The minimum absolute atomic E-state index is 0.505. The molecule has 3 heteroatoms. The average molecular weight is 275 g/mol. The van der Waals surface area contributed by atoms with E-state index in [1.54, 1.807) is 0 Å². The molecule has 2 rings (SSSR count). The first-order chi connectivity index (χ1) is 9.51. The van der Waals surface area contributed by atoms with Gasteiger partial charge in [-0.25, -0.2) is 4.98 Å². The van der Waals surface area contributed by atoms with E-state index in [1.165, 1.54) is 36.3 Å². The van der Waals surface area contributed by atoms with Gasteiger partial charge in [-0.3, -0.25) is 0 Å². The molecule has 1 atom stereocenters. The van der Waals surface area contributed by atoms with Gasteiger partial charge < -0.3 is 10.2 Å². The number of anilines is 1. The summed E-state index contributed by atoms with van der Waals surface area (Å²) in [4.78, 5) is 7.34. The van der Waals surface area contributed by atoms with Gasteiger partial charge in [0.2, 0.25) is 0 Å². The van der Waals surface area contributed by atoms with E-state index in [0.717, 1.165) is 24.7 Å². The topological polar surface area (TPSA) is 28.2 Å². The number of hydrogen-bond acceptors (Lipinski definition) is 3. The summed E-state index contributed by atoms with van der Waals surface area (Å²) in [5.74, 6) is 2.05. The molecule has 0 spiro atoms. The van der Waals surface area contributed by atoms with Gasteiger partial charge in [0.15, 0.2) is 0 Å². The van der Waals surface area contributed by atoms with Crippen LogP contribution in [0.4, 0.5) is 5.82 Å². The third-order valence-corrected chi connectivity index (χ3v) is 4.30. The van der Waals surface area contributed by atoms with E-state index in [-0.39, 0.29) is 0 Å². The van der Waals surface area contributed by atoms with E-state index in [0.29, 0.717) is 6.04 Å². The summed E-state index contributed by atoms with van der Waals surface area (Å²) in [6, 6.07) is 2.71. The number of nitrogens with one attached hydrogen (secondary N) is 1. The third kappa shape index (κ3) is 3.51. The van der Waals surface area contributed by atoms with Crippen LogP contribution in [0.25, 0.3) is 0 Å². The highest BCUT2D eigenvalue weighted by atomic mass is 15.2. The van der Waals surface area contributed by atoms with Crippen molar-refractivity contribution >= 4 is 5.82 Å². The Balaban J connectivity index is 2.25. The summed E-state index contributed by atoms with van der Waals surface area (Å²) in [5, 5.41) is 3.54. The fraction of sp³-hybridized carbons (Fsp3) is 0.706. The molecule has 0 aromatic carbocycles. The molecule has 1 aromatic heterocycles. The maximum absolute atomic E-state index is 4.85. The Morgan fingerprint density at radius 2 is 2.15 bits per heavy atom. The minimum atomic E-state index is 0.505. The molecule has 1 aromatic rings. The van der Waals surface area contributed by atoms with E-state index < -0.39 is 0 Å². The van der Waals surface area contributed by atoms with Gasteiger partial charge in [-0.2, -0.15) is 0 Å². The average Bonchev–Trinajstić information content (AvgIpc) is 2.85. The number of hydrogen-bond donors (Lipinski definition) is 1. The lowest BCUT2D eigenvalue weighted by Crippen LogP contribution is -2.27. The van der Waals surface area contributed by atoms with Crippen molar-refractivity contribution in [3.63, 3.8) is 0 Å². The summed E-state index contributed by atoms with van der Waals surface area (Å²) in [6.07, 6.45) is 2.59. The van der Waals surface area contributed by atoms with Gasteiger partial charge in [0, 0.05) is 36.9 Å². The Morgan fingerprint density at radius 3 is 2.75 bits per heavy atom. The number of rotatable bonds is 5. The van der Waals surface area contributed by atoms with E-state index in [9.17, 15) is 0 Å². The second-order valence-corrected chi connectivity index (χ2v) is 6.43. The normalized spacial score (nSPS) is 19.1. The van der Waals surface area contributed by atoms with Gasteiger partial charge in [0.05, 0.1) is 0 Å². The van der Waals surface area contributed by atoms with Gasteiger partial charge in [0.25, 0.3) is 0 Å². The van der Waals surface area contributed by atoms with Gasteiger partial charge in [-0.15, -0.1) is 0 Å².